The Bertz CT molecular complexity index is 619. The zero-order valence-corrected chi connectivity index (χ0v) is 14.7. The molecule has 5 heteroatoms. The van der Waals surface area contributed by atoms with Crippen LogP contribution >= 0.6 is 27.7 Å². The number of halogens is 1. The zero-order chi connectivity index (χ0) is 15.2. The predicted molar refractivity (Wildman–Crippen MR) is 92.8 cm³/mol. The molecule has 0 bridgehead atoms. The molecule has 0 amide bonds. The molecule has 0 aliphatic heterocycles. The van der Waals surface area contributed by atoms with Crippen LogP contribution < -0.4 is 14.8 Å². The highest BCUT2D eigenvalue weighted by atomic mass is 79.9. The third-order valence-electron chi connectivity index (χ3n) is 3.13. The molecule has 0 aliphatic rings. The van der Waals surface area contributed by atoms with Crippen molar-refractivity contribution in [1.29, 1.82) is 0 Å². The van der Waals surface area contributed by atoms with Gasteiger partial charge in [-0.25, -0.2) is 0 Å². The molecule has 0 saturated carbocycles. The van der Waals surface area contributed by atoms with Crippen molar-refractivity contribution in [2.45, 2.75) is 11.4 Å². The van der Waals surface area contributed by atoms with Gasteiger partial charge < -0.3 is 14.8 Å². The lowest BCUT2D eigenvalue weighted by atomic mass is 10.2. The summed E-state index contributed by atoms with van der Waals surface area (Å²) in [5, 5.41) is 3.46. The van der Waals surface area contributed by atoms with Crippen LogP contribution in [0.1, 0.15) is 5.56 Å². The molecule has 2 aromatic carbocycles. The molecule has 0 aliphatic carbocycles. The predicted octanol–water partition coefficient (Wildman–Crippen LogP) is 4.80. The van der Waals surface area contributed by atoms with E-state index in [1.54, 1.807) is 26.0 Å². The van der Waals surface area contributed by atoms with E-state index in [9.17, 15) is 0 Å². The van der Waals surface area contributed by atoms with Crippen molar-refractivity contribution in [2.75, 3.05) is 25.8 Å². The monoisotopic (exact) mass is 367 g/mol. The molecule has 0 unspecified atom stereocenters. The van der Waals surface area contributed by atoms with Gasteiger partial charge in [-0.3, -0.25) is 0 Å². The molecule has 0 spiro atoms. The van der Waals surface area contributed by atoms with E-state index in [4.69, 9.17) is 9.47 Å². The fourth-order valence-electron chi connectivity index (χ4n) is 2.04. The van der Waals surface area contributed by atoms with E-state index in [2.05, 4.69) is 39.6 Å². The van der Waals surface area contributed by atoms with E-state index >= 15 is 0 Å². The molecule has 21 heavy (non-hydrogen) atoms. The van der Waals surface area contributed by atoms with Crippen LogP contribution in [0.5, 0.6) is 11.5 Å². The van der Waals surface area contributed by atoms with Gasteiger partial charge in [0.1, 0.15) is 11.5 Å². The Hall–Kier alpha value is -1.33. The highest BCUT2D eigenvalue weighted by molar-refractivity contribution is 9.10. The van der Waals surface area contributed by atoms with Gasteiger partial charge in [-0.2, -0.15) is 0 Å². The molecule has 0 radical (unpaired) electrons. The van der Waals surface area contributed by atoms with Crippen LogP contribution in [0.25, 0.3) is 0 Å². The summed E-state index contributed by atoms with van der Waals surface area (Å²) in [6, 6.07) is 12.2. The normalized spacial score (nSPS) is 10.3. The zero-order valence-electron chi connectivity index (χ0n) is 12.3. The van der Waals surface area contributed by atoms with E-state index in [0.717, 1.165) is 27.2 Å². The molecule has 0 heterocycles. The second kappa shape index (κ2) is 7.61. The minimum atomic E-state index is 0.684. The quantitative estimate of drug-likeness (QED) is 0.742. The lowest BCUT2D eigenvalue weighted by Gasteiger charge is -2.15. The molecule has 1 N–H and O–H groups in total. The summed E-state index contributed by atoms with van der Waals surface area (Å²) in [5.74, 6) is 1.57. The van der Waals surface area contributed by atoms with Crippen molar-refractivity contribution in [1.82, 2.24) is 0 Å². The van der Waals surface area contributed by atoms with Crippen LogP contribution in [0.2, 0.25) is 0 Å². The Kier molecular flexibility index (Phi) is 5.82. The first-order valence-corrected chi connectivity index (χ1v) is 8.48. The summed E-state index contributed by atoms with van der Waals surface area (Å²) in [5.41, 5.74) is 2.19. The van der Waals surface area contributed by atoms with Crippen molar-refractivity contribution in [2.24, 2.45) is 0 Å². The molecular formula is C16H18BrNO2S. The van der Waals surface area contributed by atoms with Crippen LogP contribution in [0.15, 0.2) is 45.8 Å². The minimum absolute atomic E-state index is 0.684. The number of anilines is 1. The first-order chi connectivity index (χ1) is 10.2. The molecule has 0 saturated heterocycles. The highest BCUT2D eigenvalue weighted by Gasteiger charge is 2.10. The van der Waals surface area contributed by atoms with Gasteiger partial charge in [0.05, 0.1) is 18.7 Å². The molecule has 0 aromatic heterocycles. The van der Waals surface area contributed by atoms with Crippen LogP contribution in [0.3, 0.4) is 0 Å². The van der Waals surface area contributed by atoms with Gasteiger partial charge in [0.15, 0.2) is 0 Å². The summed E-state index contributed by atoms with van der Waals surface area (Å²) < 4.78 is 11.7. The average Bonchev–Trinajstić information content (AvgIpc) is 2.53. The Balaban J connectivity index is 2.21. The van der Waals surface area contributed by atoms with E-state index in [1.807, 2.05) is 24.3 Å². The molecule has 112 valence electrons. The van der Waals surface area contributed by atoms with Crippen LogP contribution in [0, 0.1) is 0 Å². The number of rotatable bonds is 6. The number of ether oxygens (including phenoxy) is 2. The molecular weight excluding hydrogens is 350 g/mol. The Morgan fingerprint density at radius 2 is 1.81 bits per heavy atom. The van der Waals surface area contributed by atoms with Crippen LogP contribution in [0.4, 0.5) is 5.69 Å². The summed E-state index contributed by atoms with van der Waals surface area (Å²) in [4.78, 5) is 1.23. The van der Waals surface area contributed by atoms with E-state index in [-0.39, 0.29) is 0 Å². The van der Waals surface area contributed by atoms with Crippen LogP contribution in [-0.2, 0) is 6.54 Å². The molecule has 0 fully saturated rings. The lowest BCUT2D eigenvalue weighted by Crippen LogP contribution is -2.03. The Morgan fingerprint density at radius 1 is 1.10 bits per heavy atom. The van der Waals surface area contributed by atoms with Crippen molar-refractivity contribution < 1.29 is 9.47 Å². The Morgan fingerprint density at radius 3 is 2.48 bits per heavy atom. The second-order valence-electron chi connectivity index (χ2n) is 4.35. The van der Waals surface area contributed by atoms with Crippen molar-refractivity contribution in [3.63, 3.8) is 0 Å². The summed E-state index contributed by atoms with van der Waals surface area (Å²) in [7, 11) is 3.31. The van der Waals surface area contributed by atoms with Gasteiger partial charge >= 0.3 is 0 Å². The standard InChI is InChI=1S/C16H18BrNO2S/c1-19-14-9-15(20-2)12(17)8-11(14)10-18-13-6-4-5-7-16(13)21-3/h4-9,18H,10H2,1-3H3. The summed E-state index contributed by atoms with van der Waals surface area (Å²) in [6.45, 7) is 0.684. The van der Waals surface area contributed by atoms with Crippen molar-refractivity contribution in [3.05, 3.63) is 46.4 Å². The van der Waals surface area contributed by atoms with Gasteiger partial charge in [0.25, 0.3) is 0 Å². The van der Waals surface area contributed by atoms with E-state index in [0.29, 0.717) is 6.54 Å². The Labute approximate surface area is 138 Å². The molecule has 2 rings (SSSR count). The second-order valence-corrected chi connectivity index (χ2v) is 6.05. The SMILES string of the molecule is COc1cc(OC)c(CNc2ccccc2SC)cc1Br. The number of methoxy groups -OCH3 is 2. The fraction of sp³-hybridized carbons (Fsp3) is 0.250. The number of para-hydroxylation sites is 1. The average molecular weight is 368 g/mol. The summed E-state index contributed by atoms with van der Waals surface area (Å²) >= 11 is 5.24. The van der Waals surface area contributed by atoms with Gasteiger partial charge in [-0.15, -0.1) is 11.8 Å². The number of benzene rings is 2. The van der Waals surface area contributed by atoms with E-state index in [1.165, 1.54) is 4.90 Å². The fourth-order valence-corrected chi connectivity index (χ4v) is 3.17. The number of hydrogen-bond donors (Lipinski definition) is 1. The minimum Gasteiger partial charge on any atom is -0.496 e. The third-order valence-corrected chi connectivity index (χ3v) is 4.55. The largest absolute Gasteiger partial charge is 0.496 e. The third kappa shape index (κ3) is 3.86. The van der Waals surface area contributed by atoms with Gasteiger partial charge in [0, 0.05) is 28.8 Å². The number of hydrogen-bond acceptors (Lipinski definition) is 4. The molecule has 2 aromatic rings. The number of thioether (sulfide) groups is 1. The van der Waals surface area contributed by atoms with Gasteiger partial charge in [-0.1, -0.05) is 12.1 Å². The molecule has 3 nitrogen and oxygen atoms in total. The maximum Gasteiger partial charge on any atom is 0.136 e. The van der Waals surface area contributed by atoms with Gasteiger partial charge in [-0.05, 0) is 40.4 Å². The first kappa shape index (κ1) is 16.0. The lowest BCUT2D eigenvalue weighted by molar-refractivity contribution is 0.390. The maximum absolute atomic E-state index is 5.44. The molecule has 0 atom stereocenters. The van der Waals surface area contributed by atoms with Gasteiger partial charge in [0.2, 0.25) is 0 Å². The summed E-state index contributed by atoms with van der Waals surface area (Å²) in [6.07, 6.45) is 2.07. The van der Waals surface area contributed by atoms with Crippen molar-refractivity contribution in [3.8, 4) is 11.5 Å². The topological polar surface area (TPSA) is 30.5 Å². The smallest absolute Gasteiger partial charge is 0.136 e. The van der Waals surface area contributed by atoms with Crippen LogP contribution in [-0.4, -0.2) is 20.5 Å². The van der Waals surface area contributed by atoms with Crippen molar-refractivity contribution >= 4 is 33.4 Å². The highest BCUT2D eigenvalue weighted by Crippen LogP contribution is 2.33. The number of nitrogens with one attached hydrogen (secondary N) is 1. The first-order valence-electron chi connectivity index (χ1n) is 6.47. The maximum atomic E-state index is 5.44. The van der Waals surface area contributed by atoms with E-state index < -0.39 is 0 Å².